The molecule has 0 saturated carbocycles. The molecule has 2 aromatic carbocycles. The second kappa shape index (κ2) is 8.91. The number of carbonyl (C=O) groups is 1. The van der Waals surface area contributed by atoms with Crippen LogP contribution in [-0.4, -0.2) is 12.6 Å². The van der Waals surface area contributed by atoms with E-state index in [0.29, 0.717) is 30.2 Å². The van der Waals surface area contributed by atoms with Gasteiger partial charge in [0.1, 0.15) is 11.5 Å². The van der Waals surface area contributed by atoms with Crippen molar-refractivity contribution < 1.29 is 14.3 Å². The van der Waals surface area contributed by atoms with E-state index >= 15 is 0 Å². The van der Waals surface area contributed by atoms with Crippen LogP contribution in [0.25, 0.3) is 0 Å². The van der Waals surface area contributed by atoms with E-state index in [-0.39, 0.29) is 11.4 Å². The third kappa shape index (κ3) is 6.09. The highest BCUT2D eigenvalue weighted by Crippen LogP contribution is 2.28. The van der Waals surface area contributed by atoms with Gasteiger partial charge in [-0.1, -0.05) is 44.5 Å². The molecule has 0 unspecified atom stereocenters. The van der Waals surface area contributed by atoms with Gasteiger partial charge in [-0.15, -0.1) is 0 Å². The molecule has 2 aromatic rings. The van der Waals surface area contributed by atoms with Gasteiger partial charge in [-0.25, -0.2) is 0 Å². The molecule has 0 aliphatic heterocycles. The highest BCUT2D eigenvalue weighted by Gasteiger charge is 2.17. The summed E-state index contributed by atoms with van der Waals surface area (Å²) in [5, 5.41) is 0.613. The predicted octanol–water partition coefficient (Wildman–Crippen LogP) is 5.79. The SMILES string of the molecule is CCC(C)(C)c1ccc(OCCCC(=O)Oc2ccc(Cl)cc2)cc1. The van der Waals surface area contributed by atoms with E-state index in [2.05, 4.69) is 32.9 Å². The average molecular weight is 361 g/mol. The van der Waals surface area contributed by atoms with Gasteiger partial charge >= 0.3 is 5.97 Å². The van der Waals surface area contributed by atoms with E-state index in [0.717, 1.165) is 12.2 Å². The summed E-state index contributed by atoms with van der Waals surface area (Å²) in [6.07, 6.45) is 2.00. The second-order valence-electron chi connectivity index (χ2n) is 6.64. The van der Waals surface area contributed by atoms with Crippen LogP contribution in [0.2, 0.25) is 5.02 Å². The van der Waals surface area contributed by atoms with Gasteiger partial charge in [-0.05, 0) is 60.2 Å². The van der Waals surface area contributed by atoms with Gasteiger partial charge in [0.05, 0.1) is 6.61 Å². The Morgan fingerprint density at radius 2 is 1.60 bits per heavy atom. The molecule has 25 heavy (non-hydrogen) atoms. The van der Waals surface area contributed by atoms with Crippen LogP contribution in [0.3, 0.4) is 0 Å². The van der Waals surface area contributed by atoms with Gasteiger partial charge in [0.15, 0.2) is 0 Å². The molecule has 2 rings (SSSR count). The molecule has 0 N–H and O–H groups in total. The molecule has 0 bridgehead atoms. The highest BCUT2D eigenvalue weighted by atomic mass is 35.5. The van der Waals surface area contributed by atoms with Crippen LogP contribution in [-0.2, 0) is 10.2 Å². The largest absolute Gasteiger partial charge is 0.494 e. The molecule has 0 fully saturated rings. The van der Waals surface area contributed by atoms with Crippen LogP contribution >= 0.6 is 11.6 Å². The van der Waals surface area contributed by atoms with Crippen molar-refractivity contribution in [1.82, 2.24) is 0 Å². The van der Waals surface area contributed by atoms with Gasteiger partial charge in [0, 0.05) is 11.4 Å². The number of benzene rings is 2. The first kappa shape index (κ1) is 19.3. The molecule has 0 amide bonds. The summed E-state index contributed by atoms with van der Waals surface area (Å²) in [6.45, 7) is 7.13. The Balaban J connectivity index is 1.72. The standard InChI is InChI=1S/C21H25ClO3/c1-4-21(2,3)16-7-11-18(12-8-16)24-15-5-6-20(23)25-19-13-9-17(22)10-14-19/h7-14H,4-6,15H2,1-3H3. The van der Waals surface area contributed by atoms with Crippen molar-refractivity contribution in [2.75, 3.05) is 6.61 Å². The van der Waals surface area contributed by atoms with Gasteiger partial charge in [-0.2, -0.15) is 0 Å². The van der Waals surface area contributed by atoms with Gasteiger partial charge in [-0.3, -0.25) is 4.79 Å². The van der Waals surface area contributed by atoms with Crippen molar-refractivity contribution >= 4 is 17.6 Å². The molecule has 0 saturated heterocycles. The number of ether oxygens (including phenoxy) is 2. The molecule has 0 radical (unpaired) electrons. The normalized spacial score (nSPS) is 11.2. The molecule has 0 aromatic heterocycles. The summed E-state index contributed by atoms with van der Waals surface area (Å²) >= 11 is 5.79. The van der Waals surface area contributed by atoms with Crippen molar-refractivity contribution in [2.24, 2.45) is 0 Å². The minimum absolute atomic E-state index is 0.171. The fraction of sp³-hybridized carbons (Fsp3) is 0.381. The topological polar surface area (TPSA) is 35.5 Å². The van der Waals surface area contributed by atoms with Crippen LogP contribution in [0.4, 0.5) is 0 Å². The minimum Gasteiger partial charge on any atom is -0.494 e. The Hall–Kier alpha value is -2.00. The van der Waals surface area contributed by atoms with Crippen LogP contribution in [0, 0.1) is 0 Å². The summed E-state index contributed by atoms with van der Waals surface area (Å²) in [5.74, 6) is 1.05. The summed E-state index contributed by atoms with van der Waals surface area (Å²) in [5.41, 5.74) is 1.47. The lowest BCUT2D eigenvalue weighted by molar-refractivity contribution is -0.134. The van der Waals surface area contributed by atoms with E-state index in [1.165, 1.54) is 5.56 Å². The molecule has 134 valence electrons. The Morgan fingerprint density at radius 1 is 1.00 bits per heavy atom. The maximum absolute atomic E-state index is 11.8. The molecular weight excluding hydrogens is 336 g/mol. The summed E-state index contributed by atoms with van der Waals surface area (Å²) in [6, 6.07) is 14.9. The Kier molecular flexibility index (Phi) is 6.89. The van der Waals surface area contributed by atoms with E-state index < -0.39 is 0 Å². The van der Waals surface area contributed by atoms with Gasteiger partial charge < -0.3 is 9.47 Å². The summed E-state index contributed by atoms with van der Waals surface area (Å²) < 4.78 is 10.9. The quantitative estimate of drug-likeness (QED) is 0.339. The maximum Gasteiger partial charge on any atom is 0.311 e. The van der Waals surface area contributed by atoms with Crippen LogP contribution in [0.1, 0.15) is 45.6 Å². The van der Waals surface area contributed by atoms with Crippen molar-refractivity contribution in [1.29, 1.82) is 0 Å². The fourth-order valence-corrected chi connectivity index (χ4v) is 2.42. The average Bonchev–Trinajstić information content (AvgIpc) is 2.61. The van der Waals surface area contributed by atoms with Gasteiger partial charge in [0.25, 0.3) is 0 Å². The first-order valence-electron chi connectivity index (χ1n) is 8.60. The van der Waals surface area contributed by atoms with Crippen molar-refractivity contribution in [3.05, 3.63) is 59.1 Å². The lowest BCUT2D eigenvalue weighted by Crippen LogP contribution is -2.15. The molecule has 4 heteroatoms. The number of hydrogen-bond donors (Lipinski definition) is 0. The van der Waals surface area contributed by atoms with Crippen LogP contribution < -0.4 is 9.47 Å². The molecule has 0 atom stereocenters. The minimum atomic E-state index is -0.272. The van der Waals surface area contributed by atoms with E-state index in [1.807, 2.05) is 12.1 Å². The smallest absolute Gasteiger partial charge is 0.311 e. The predicted molar refractivity (Wildman–Crippen MR) is 102 cm³/mol. The number of halogens is 1. The molecule has 0 heterocycles. The van der Waals surface area contributed by atoms with Gasteiger partial charge in [0.2, 0.25) is 0 Å². The summed E-state index contributed by atoms with van der Waals surface area (Å²) in [7, 11) is 0. The molecule has 0 spiro atoms. The van der Waals surface area contributed by atoms with Crippen molar-refractivity contribution in [3.8, 4) is 11.5 Å². The van der Waals surface area contributed by atoms with E-state index in [4.69, 9.17) is 21.1 Å². The molecule has 0 aliphatic rings. The Labute approximate surface area is 154 Å². The summed E-state index contributed by atoms with van der Waals surface area (Å²) in [4.78, 5) is 11.8. The van der Waals surface area contributed by atoms with Crippen molar-refractivity contribution in [3.63, 3.8) is 0 Å². The fourth-order valence-electron chi connectivity index (χ4n) is 2.30. The van der Waals surface area contributed by atoms with Crippen molar-refractivity contribution in [2.45, 2.75) is 45.4 Å². The van der Waals surface area contributed by atoms with Crippen LogP contribution in [0.15, 0.2) is 48.5 Å². The number of rotatable bonds is 8. The maximum atomic E-state index is 11.8. The van der Waals surface area contributed by atoms with E-state index in [9.17, 15) is 4.79 Å². The number of hydrogen-bond acceptors (Lipinski definition) is 3. The zero-order chi connectivity index (χ0) is 18.3. The third-order valence-electron chi connectivity index (χ3n) is 4.36. The molecule has 0 aliphatic carbocycles. The van der Waals surface area contributed by atoms with E-state index in [1.54, 1.807) is 24.3 Å². The number of carbonyl (C=O) groups excluding carboxylic acids is 1. The molecule has 3 nitrogen and oxygen atoms in total. The third-order valence-corrected chi connectivity index (χ3v) is 4.61. The molecular formula is C21H25ClO3. The zero-order valence-electron chi connectivity index (χ0n) is 15.0. The monoisotopic (exact) mass is 360 g/mol. The van der Waals surface area contributed by atoms with Crippen LogP contribution in [0.5, 0.6) is 11.5 Å². The highest BCUT2D eigenvalue weighted by molar-refractivity contribution is 6.30. The zero-order valence-corrected chi connectivity index (χ0v) is 15.8. The lowest BCUT2D eigenvalue weighted by Gasteiger charge is -2.23. The second-order valence-corrected chi connectivity index (χ2v) is 7.08. The lowest BCUT2D eigenvalue weighted by atomic mass is 9.82. The Morgan fingerprint density at radius 3 is 2.20 bits per heavy atom. The first-order chi connectivity index (χ1) is 11.9. The first-order valence-corrected chi connectivity index (χ1v) is 8.98. The Bertz CT molecular complexity index is 675. The number of esters is 1.